The summed E-state index contributed by atoms with van der Waals surface area (Å²) in [5.74, 6) is 1.47. The van der Waals surface area contributed by atoms with Crippen molar-refractivity contribution in [1.82, 2.24) is 24.9 Å². The van der Waals surface area contributed by atoms with E-state index in [4.69, 9.17) is 9.78 Å². The molecule has 142 valence electrons. The van der Waals surface area contributed by atoms with Crippen LogP contribution in [-0.2, 0) is 6.42 Å². The highest BCUT2D eigenvalue weighted by Gasteiger charge is 2.26. The molecule has 0 aromatic carbocycles. The first-order chi connectivity index (χ1) is 13.7. The van der Waals surface area contributed by atoms with E-state index in [1.54, 1.807) is 18.5 Å². The molecule has 0 bridgehead atoms. The van der Waals surface area contributed by atoms with Crippen LogP contribution in [0, 0.1) is 11.3 Å². The van der Waals surface area contributed by atoms with Gasteiger partial charge in [-0.3, -0.25) is 4.79 Å². The van der Waals surface area contributed by atoms with Gasteiger partial charge in [-0.1, -0.05) is 0 Å². The lowest BCUT2D eigenvalue weighted by Crippen LogP contribution is -2.22. The van der Waals surface area contributed by atoms with Crippen LogP contribution in [0.2, 0.25) is 0 Å². The zero-order valence-electron chi connectivity index (χ0n) is 14.9. The predicted octanol–water partition coefficient (Wildman–Crippen LogP) is 1.52. The fraction of sp³-hybridized carbons (Fsp3) is 0.333. The number of rotatable bonds is 6. The summed E-state index contributed by atoms with van der Waals surface area (Å²) in [6.07, 6.45) is 6.11. The van der Waals surface area contributed by atoms with Crippen molar-refractivity contribution in [3.63, 3.8) is 0 Å². The quantitative estimate of drug-likeness (QED) is 0.654. The van der Waals surface area contributed by atoms with Crippen molar-refractivity contribution < 1.29 is 4.52 Å². The maximum Gasteiger partial charge on any atom is 0.271 e. The molecular formula is C18H18N8O2. The van der Waals surface area contributed by atoms with Gasteiger partial charge in [0.2, 0.25) is 5.89 Å². The monoisotopic (exact) mass is 378 g/mol. The summed E-state index contributed by atoms with van der Waals surface area (Å²) in [6, 6.07) is 9.17. The molecule has 0 saturated heterocycles. The summed E-state index contributed by atoms with van der Waals surface area (Å²) in [6.45, 7) is 0. The molecule has 4 rings (SSSR count). The molecule has 1 aliphatic carbocycles. The molecule has 3 aromatic rings. The maximum absolute atomic E-state index is 11.8. The third-order valence-electron chi connectivity index (χ3n) is 4.52. The van der Waals surface area contributed by atoms with Gasteiger partial charge in [0.1, 0.15) is 12.2 Å². The van der Waals surface area contributed by atoms with Gasteiger partial charge in [0.15, 0.2) is 0 Å². The molecule has 28 heavy (non-hydrogen) atoms. The lowest BCUT2D eigenvalue weighted by atomic mass is 10.2. The van der Waals surface area contributed by atoms with Crippen LogP contribution in [0.15, 0.2) is 46.0 Å². The standard InChI is InChI=1S/C18H18N8O2/c19-8-7-16-24-18(25-28-16)23-13-4-3-12(10-13)22-15-6-5-14(11-20-15)26-17(27)2-1-9-21-26/h1-2,5-6,9,11-13H,3-4,7,10H2,(H,20,22)(H,23,25)/t12-,13-/m0/s1. The zero-order valence-corrected chi connectivity index (χ0v) is 14.9. The van der Waals surface area contributed by atoms with E-state index in [-0.39, 0.29) is 24.1 Å². The average molecular weight is 378 g/mol. The molecule has 0 spiro atoms. The smallest absolute Gasteiger partial charge is 0.271 e. The Hall–Kier alpha value is -3.74. The maximum atomic E-state index is 11.8. The molecule has 0 unspecified atom stereocenters. The summed E-state index contributed by atoms with van der Waals surface area (Å²) < 4.78 is 6.30. The first kappa shape index (κ1) is 17.7. The van der Waals surface area contributed by atoms with Gasteiger partial charge in [-0.15, -0.1) is 0 Å². The van der Waals surface area contributed by atoms with Crippen LogP contribution >= 0.6 is 0 Å². The number of nitriles is 1. The molecule has 3 aromatic heterocycles. The van der Waals surface area contributed by atoms with Crippen LogP contribution in [0.1, 0.15) is 25.2 Å². The number of nitrogens with zero attached hydrogens (tertiary/aromatic N) is 6. The third-order valence-corrected chi connectivity index (χ3v) is 4.52. The molecular weight excluding hydrogens is 360 g/mol. The van der Waals surface area contributed by atoms with Crippen LogP contribution in [0.3, 0.4) is 0 Å². The van der Waals surface area contributed by atoms with Crippen molar-refractivity contribution in [3.8, 4) is 11.8 Å². The Morgan fingerprint density at radius 1 is 1.25 bits per heavy atom. The van der Waals surface area contributed by atoms with Gasteiger partial charge in [-0.05, 0) is 42.6 Å². The normalized spacial score (nSPS) is 18.5. The van der Waals surface area contributed by atoms with Crippen molar-refractivity contribution in [2.24, 2.45) is 0 Å². The Kier molecular flexibility index (Phi) is 4.97. The molecule has 1 fully saturated rings. The summed E-state index contributed by atoms with van der Waals surface area (Å²) in [5.41, 5.74) is 0.418. The fourth-order valence-electron chi connectivity index (χ4n) is 3.24. The van der Waals surface area contributed by atoms with Gasteiger partial charge >= 0.3 is 0 Å². The Morgan fingerprint density at radius 3 is 2.86 bits per heavy atom. The molecule has 0 radical (unpaired) electrons. The number of nitrogens with one attached hydrogen (secondary N) is 2. The second-order valence-electron chi connectivity index (χ2n) is 6.52. The van der Waals surface area contributed by atoms with E-state index in [0.29, 0.717) is 17.5 Å². The van der Waals surface area contributed by atoms with E-state index >= 15 is 0 Å². The first-order valence-corrected chi connectivity index (χ1v) is 8.94. The Morgan fingerprint density at radius 2 is 2.11 bits per heavy atom. The number of hydrogen-bond acceptors (Lipinski definition) is 9. The number of pyridine rings is 1. The van der Waals surface area contributed by atoms with Crippen molar-refractivity contribution in [2.45, 2.75) is 37.8 Å². The lowest BCUT2D eigenvalue weighted by molar-refractivity contribution is 0.387. The average Bonchev–Trinajstić information content (AvgIpc) is 3.33. The van der Waals surface area contributed by atoms with Gasteiger partial charge in [0.05, 0.1) is 18.0 Å². The predicted molar refractivity (Wildman–Crippen MR) is 99.9 cm³/mol. The molecule has 10 nitrogen and oxygen atoms in total. The van der Waals surface area contributed by atoms with Crippen molar-refractivity contribution in [3.05, 3.63) is 52.9 Å². The minimum absolute atomic E-state index is 0.107. The molecule has 1 aliphatic rings. The van der Waals surface area contributed by atoms with E-state index in [1.165, 1.54) is 10.7 Å². The third kappa shape index (κ3) is 3.98. The Labute approximate surface area is 160 Å². The van der Waals surface area contributed by atoms with Gasteiger partial charge in [-0.25, -0.2) is 4.98 Å². The van der Waals surface area contributed by atoms with Crippen LogP contribution in [-0.4, -0.2) is 37.0 Å². The molecule has 0 aliphatic heterocycles. The summed E-state index contributed by atoms with van der Waals surface area (Å²) in [7, 11) is 0. The second-order valence-corrected chi connectivity index (χ2v) is 6.52. The van der Waals surface area contributed by atoms with Gasteiger partial charge < -0.3 is 15.2 Å². The fourth-order valence-corrected chi connectivity index (χ4v) is 3.24. The van der Waals surface area contributed by atoms with E-state index < -0.39 is 0 Å². The van der Waals surface area contributed by atoms with E-state index in [2.05, 4.69) is 30.9 Å². The van der Waals surface area contributed by atoms with Crippen molar-refractivity contribution in [2.75, 3.05) is 10.6 Å². The number of hydrogen-bond donors (Lipinski definition) is 2. The summed E-state index contributed by atoms with van der Waals surface area (Å²) >= 11 is 0. The molecule has 3 heterocycles. The highest BCUT2D eigenvalue weighted by Crippen LogP contribution is 2.24. The summed E-state index contributed by atoms with van der Waals surface area (Å²) in [5, 5.41) is 23.2. The van der Waals surface area contributed by atoms with Crippen molar-refractivity contribution in [1.29, 1.82) is 5.26 Å². The molecule has 0 amide bonds. The van der Waals surface area contributed by atoms with Crippen molar-refractivity contribution >= 4 is 11.8 Å². The van der Waals surface area contributed by atoms with Gasteiger partial charge in [0, 0.05) is 24.3 Å². The van der Waals surface area contributed by atoms with Crippen LogP contribution in [0.25, 0.3) is 5.69 Å². The SMILES string of the molecule is N#CCc1nc(N[C@H]2CC[C@H](Nc3ccc(-n4ncccc4=O)cn3)C2)no1. The van der Waals surface area contributed by atoms with Crippen LogP contribution in [0.5, 0.6) is 0 Å². The molecule has 1 saturated carbocycles. The minimum Gasteiger partial charge on any atom is -0.367 e. The van der Waals surface area contributed by atoms with Crippen LogP contribution < -0.4 is 16.2 Å². The Bertz CT molecular complexity index is 1040. The summed E-state index contributed by atoms with van der Waals surface area (Å²) in [4.78, 5) is 20.4. The number of aromatic nitrogens is 5. The molecule has 2 atom stereocenters. The molecule has 2 N–H and O–H groups in total. The van der Waals surface area contributed by atoms with E-state index in [0.717, 1.165) is 25.1 Å². The second kappa shape index (κ2) is 7.87. The Balaban J connectivity index is 1.33. The number of anilines is 2. The van der Waals surface area contributed by atoms with E-state index in [9.17, 15) is 4.79 Å². The minimum atomic E-state index is -0.200. The lowest BCUT2D eigenvalue weighted by Gasteiger charge is -2.14. The zero-order chi connectivity index (χ0) is 19.3. The van der Waals surface area contributed by atoms with Gasteiger partial charge in [0.25, 0.3) is 11.5 Å². The van der Waals surface area contributed by atoms with Crippen LogP contribution in [0.4, 0.5) is 11.8 Å². The van der Waals surface area contributed by atoms with E-state index in [1.807, 2.05) is 18.2 Å². The first-order valence-electron chi connectivity index (χ1n) is 8.94. The topological polar surface area (TPSA) is 135 Å². The highest BCUT2D eigenvalue weighted by molar-refractivity contribution is 5.41. The highest BCUT2D eigenvalue weighted by atomic mass is 16.5. The largest absolute Gasteiger partial charge is 0.367 e. The molecule has 10 heteroatoms. The van der Waals surface area contributed by atoms with Gasteiger partial charge in [-0.2, -0.15) is 20.0 Å².